The summed E-state index contributed by atoms with van der Waals surface area (Å²) in [5.41, 5.74) is 1.40. The molecule has 0 unspecified atom stereocenters. The maximum absolute atomic E-state index is 10.5. The molecule has 0 saturated heterocycles. The maximum Gasteiger partial charge on any atom is 0.307 e. The molecule has 0 aliphatic carbocycles. The van der Waals surface area contributed by atoms with Crippen LogP contribution in [-0.4, -0.2) is 18.2 Å². The lowest BCUT2D eigenvalue weighted by Gasteiger charge is -2.08. The molecule has 4 heteroatoms. The number of aliphatic carboxylic acids is 1. The molecule has 0 fully saturated rings. The Morgan fingerprint density at radius 3 is 2.71 bits per heavy atom. The van der Waals surface area contributed by atoms with Crippen LogP contribution < -0.4 is 4.74 Å². The Hall–Kier alpha value is -1.22. The summed E-state index contributed by atoms with van der Waals surface area (Å²) in [4.78, 5) is 10.5. The third kappa shape index (κ3) is 2.39. The molecule has 0 heterocycles. The number of halogens is 1. The van der Waals surface area contributed by atoms with Gasteiger partial charge in [-0.15, -0.1) is 0 Å². The van der Waals surface area contributed by atoms with E-state index in [-0.39, 0.29) is 6.42 Å². The zero-order chi connectivity index (χ0) is 10.7. The van der Waals surface area contributed by atoms with Crippen molar-refractivity contribution in [3.8, 4) is 5.75 Å². The van der Waals surface area contributed by atoms with E-state index in [1.807, 2.05) is 6.92 Å². The molecule has 76 valence electrons. The average molecular weight is 215 g/mol. The molecule has 0 aliphatic rings. The Kier molecular flexibility index (Phi) is 3.36. The van der Waals surface area contributed by atoms with Crippen molar-refractivity contribution >= 4 is 17.6 Å². The fourth-order valence-corrected chi connectivity index (χ4v) is 1.39. The van der Waals surface area contributed by atoms with E-state index in [2.05, 4.69) is 0 Å². The second-order valence-electron chi connectivity index (χ2n) is 2.99. The first-order valence-corrected chi connectivity index (χ1v) is 4.47. The molecule has 0 atom stereocenters. The van der Waals surface area contributed by atoms with Crippen molar-refractivity contribution in [2.45, 2.75) is 13.3 Å². The van der Waals surface area contributed by atoms with Crippen LogP contribution in [0.3, 0.4) is 0 Å². The van der Waals surface area contributed by atoms with Gasteiger partial charge in [-0.2, -0.15) is 0 Å². The molecular formula is C10H11ClO3. The van der Waals surface area contributed by atoms with Crippen LogP contribution >= 0.6 is 11.6 Å². The van der Waals surface area contributed by atoms with Gasteiger partial charge in [-0.1, -0.05) is 11.6 Å². The lowest BCUT2D eigenvalue weighted by molar-refractivity contribution is -0.136. The highest BCUT2D eigenvalue weighted by atomic mass is 35.5. The van der Waals surface area contributed by atoms with Gasteiger partial charge < -0.3 is 9.84 Å². The lowest BCUT2D eigenvalue weighted by Crippen LogP contribution is -2.02. The summed E-state index contributed by atoms with van der Waals surface area (Å²) in [6, 6.07) is 3.41. The molecular weight excluding hydrogens is 204 g/mol. The Balaban J connectivity index is 3.13. The van der Waals surface area contributed by atoms with Crippen LogP contribution in [0.5, 0.6) is 5.75 Å². The molecule has 0 aliphatic heterocycles. The summed E-state index contributed by atoms with van der Waals surface area (Å²) in [6.45, 7) is 1.82. The predicted octanol–water partition coefficient (Wildman–Crippen LogP) is 2.28. The molecule has 3 nitrogen and oxygen atoms in total. The minimum absolute atomic E-state index is 0.0864. The van der Waals surface area contributed by atoms with Crippen molar-refractivity contribution in [2.24, 2.45) is 0 Å². The van der Waals surface area contributed by atoms with E-state index in [0.29, 0.717) is 16.3 Å². The first kappa shape index (κ1) is 10.9. The number of benzene rings is 1. The van der Waals surface area contributed by atoms with Crippen molar-refractivity contribution in [1.82, 2.24) is 0 Å². The molecule has 0 bridgehead atoms. The Bertz CT molecular complexity index is 361. The van der Waals surface area contributed by atoms with Gasteiger partial charge >= 0.3 is 5.97 Å². The molecule has 14 heavy (non-hydrogen) atoms. The van der Waals surface area contributed by atoms with Crippen molar-refractivity contribution in [2.75, 3.05) is 7.11 Å². The van der Waals surface area contributed by atoms with Crippen molar-refractivity contribution in [1.29, 1.82) is 0 Å². The topological polar surface area (TPSA) is 46.5 Å². The van der Waals surface area contributed by atoms with E-state index in [0.717, 1.165) is 5.56 Å². The largest absolute Gasteiger partial charge is 0.497 e. The van der Waals surface area contributed by atoms with E-state index >= 15 is 0 Å². The summed E-state index contributed by atoms with van der Waals surface area (Å²) >= 11 is 5.95. The van der Waals surface area contributed by atoms with E-state index in [1.165, 1.54) is 7.11 Å². The highest BCUT2D eigenvalue weighted by Crippen LogP contribution is 2.26. The Morgan fingerprint density at radius 1 is 1.57 bits per heavy atom. The van der Waals surface area contributed by atoms with Gasteiger partial charge in [0.15, 0.2) is 0 Å². The van der Waals surface area contributed by atoms with Crippen LogP contribution in [0.4, 0.5) is 0 Å². The quantitative estimate of drug-likeness (QED) is 0.840. The molecule has 0 spiro atoms. The van der Waals surface area contributed by atoms with Gasteiger partial charge in [0, 0.05) is 5.02 Å². The second kappa shape index (κ2) is 4.33. The number of carboxylic acid groups (broad SMARTS) is 1. The molecule has 1 aromatic rings. The molecule has 0 amide bonds. The van der Waals surface area contributed by atoms with Gasteiger partial charge in [0.2, 0.25) is 0 Å². The summed E-state index contributed by atoms with van der Waals surface area (Å²) in [7, 11) is 1.53. The van der Waals surface area contributed by atoms with Crippen molar-refractivity contribution in [3.05, 3.63) is 28.3 Å². The fourth-order valence-electron chi connectivity index (χ4n) is 1.22. The van der Waals surface area contributed by atoms with Crippen LogP contribution in [0, 0.1) is 6.92 Å². The first-order valence-electron chi connectivity index (χ1n) is 4.09. The lowest BCUT2D eigenvalue weighted by atomic mass is 10.1. The SMILES string of the molecule is COc1cc(C)c(Cl)c(CC(=O)O)c1. The third-order valence-electron chi connectivity index (χ3n) is 1.88. The third-order valence-corrected chi connectivity index (χ3v) is 2.42. The minimum atomic E-state index is -0.903. The maximum atomic E-state index is 10.5. The molecule has 1 rings (SSSR count). The number of aryl methyl sites for hydroxylation is 1. The number of carbonyl (C=O) groups is 1. The zero-order valence-electron chi connectivity index (χ0n) is 8.00. The minimum Gasteiger partial charge on any atom is -0.497 e. The molecule has 1 N–H and O–H groups in total. The number of ether oxygens (including phenoxy) is 1. The van der Waals surface area contributed by atoms with Gasteiger partial charge in [0.05, 0.1) is 13.5 Å². The smallest absolute Gasteiger partial charge is 0.307 e. The molecule has 0 aromatic heterocycles. The normalized spacial score (nSPS) is 9.93. The van der Waals surface area contributed by atoms with Crippen molar-refractivity contribution in [3.63, 3.8) is 0 Å². The van der Waals surface area contributed by atoms with Gasteiger partial charge in [-0.05, 0) is 30.2 Å². The second-order valence-corrected chi connectivity index (χ2v) is 3.37. The number of carboxylic acids is 1. The molecule has 0 saturated carbocycles. The van der Waals surface area contributed by atoms with Crippen LogP contribution in [-0.2, 0) is 11.2 Å². The Morgan fingerprint density at radius 2 is 2.21 bits per heavy atom. The van der Waals surface area contributed by atoms with E-state index in [9.17, 15) is 4.79 Å². The van der Waals surface area contributed by atoms with Gasteiger partial charge in [-0.3, -0.25) is 4.79 Å². The summed E-state index contributed by atoms with van der Waals surface area (Å²) in [5.74, 6) is -0.275. The fraction of sp³-hybridized carbons (Fsp3) is 0.300. The van der Waals surface area contributed by atoms with E-state index in [4.69, 9.17) is 21.4 Å². The van der Waals surface area contributed by atoms with Crippen LogP contribution in [0.15, 0.2) is 12.1 Å². The summed E-state index contributed by atoms with van der Waals surface area (Å²) < 4.78 is 5.02. The number of methoxy groups -OCH3 is 1. The number of hydrogen-bond acceptors (Lipinski definition) is 2. The van der Waals surface area contributed by atoms with Gasteiger partial charge in [0.25, 0.3) is 0 Å². The average Bonchev–Trinajstić information content (AvgIpc) is 2.11. The van der Waals surface area contributed by atoms with Crippen LogP contribution in [0.1, 0.15) is 11.1 Å². The monoisotopic (exact) mass is 214 g/mol. The van der Waals surface area contributed by atoms with E-state index < -0.39 is 5.97 Å². The summed E-state index contributed by atoms with van der Waals surface area (Å²) in [5, 5.41) is 9.14. The standard InChI is InChI=1S/C10H11ClO3/c1-6-3-8(14-2)4-7(10(6)11)5-9(12)13/h3-4H,5H2,1-2H3,(H,12,13). The van der Waals surface area contributed by atoms with E-state index in [1.54, 1.807) is 12.1 Å². The van der Waals surface area contributed by atoms with Gasteiger partial charge in [-0.25, -0.2) is 0 Å². The number of rotatable bonds is 3. The number of hydrogen-bond donors (Lipinski definition) is 1. The predicted molar refractivity (Wildman–Crippen MR) is 54.1 cm³/mol. The van der Waals surface area contributed by atoms with Crippen LogP contribution in [0.2, 0.25) is 5.02 Å². The molecule has 0 radical (unpaired) electrons. The van der Waals surface area contributed by atoms with Crippen LogP contribution in [0.25, 0.3) is 0 Å². The highest BCUT2D eigenvalue weighted by Gasteiger charge is 2.09. The zero-order valence-corrected chi connectivity index (χ0v) is 8.76. The van der Waals surface area contributed by atoms with Gasteiger partial charge in [0.1, 0.15) is 5.75 Å². The first-order chi connectivity index (χ1) is 6.54. The molecule has 1 aromatic carbocycles. The Labute approximate surface area is 87.3 Å². The van der Waals surface area contributed by atoms with Crippen molar-refractivity contribution < 1.29 is 14.6 Å². The highest BCUT2D eigenvalue weighted by molar-refractivity contribution is 6.32. The summed E-state index contributed by atoms with van der Waals surface area (Å²) in [6.07, 6.45) is -0.0864.